The molecule has 2 aromatic heterocycles. The van der Waals surface area contributed by atoms with E-state index in [2.05, 4.69) is 10.3 Å². The van der Waals surface area contributed by atoms with Crippen molar-refractivity contribution in [1.82, 2.24) is 14.7 Å². The van der Waals surface area contributed by atoms with Gasteiger partial charge in [-0.05, 0) is 29.8 Å². The van der Waals surface area contributed by atoms with E-state index in [1.165, 1.54) is 0 Å². The third-order valence-corrected chi connectivity index (χ3v) is 3.78. The summed E-state index contributed by atoms with van der Waals surface area (Å²) < 4.78 is 1.74. The Labute approximate surface area is 139 Å². The maximum absolute atomic E-state index is 12.2. The first-order valence-electron chi connectivity index (χ1n) is 7.21. The molecule has 2 heterocycles. The van der Waals surface area contributed by atoms with Crippen LogP contribution in [-0.2, 0) is 6.54 Å². The van der Waals surface area contributed by atoms with E-state index < -0.39 is 0 Å². The van der Waals surface area contributed by atoms with Crippen molar-refractivity contribution in [2.45, 2.75) is 6.54 Å². The molecule has 23 heavy (non-hydrogen) atoms. The van der Waals surface area contributed by atoms with Crippen LogP contribution in [0.15, 0.2) is 48.8 Å². The number of anilines is 1. The highest BCUT2D eigenvalue weighted by Crippen LogP contribution is 2.13. The van der Waals surface area contributed by atoms with E-state index in [-0.39, 0.29) is 5.91 Å². The van der Waals surface area contributed by atoms with Crippen LogP contribution in [0.5, 0.6) is 0 Å². The molecule has 3 rings (SSSR count). The summed E-state index contributed by atoms with van der Waals surface area (Å²) in [7, 11) is 3.99. The SMILES string of the molecule is CN(C)c1ccc(CNC(=O)c2cn3cc(Cl)ccc3n2)cc1. The number of aromatic nitrogens is 2. The molecule has 0 bridgehead atoms. The van der Waals surface area contributed by atoms with Gasteiger partial charge in [0.2, 0.25) is 0 Å². The van der Waals surface area contributed by atoms with Gasteiger partial charge in [-0.1, -0.05) is 23.7 Å². The normalized spacial score (nSPS) is 10.7. The maximum Gasteiger partial charge on any atom is 0.271 e. The van der Waals surface area contributed by atoms with Gasteiger partial charge in [0.15, 0.2) is 0 Å². The van der Waals surface area contributed by atoms with Crippen LogP contribution in [0.2, 0.25) is 5.02 Å². The van der Waals surface area contributed by atoms with Gasteiger partial charge in [-0.3, -0.25) is 4.79 Å². The Morgan fingerprint density at radius 2 is 1.91 bits per heavy atom. The van der Waals surface area contributed by atoms with Gasteiger partial charge in [-0.2, -0.15) is 0 Å². The van der Waals surface area contributed by atoms with Crippen molar-refractivity contribution in [3.05, 3.63) is 65.1 Å². The highest BCUT2D eigenvalue weighted by atomic mass is 35.5. The molecule has 0 spiro atoms. The first-order chi connectivity index (χ1) is 11.0. The highest BCUT2D eigenvalue weighted by Gasteiger charge is 2.10. The largest absolute Gasteiger partial charge is 0.378 e. The Balaban J connectivity index is 1.68. The second-order valence-corrected chi connectivity index (χ2v) is 5.92. The van der Waals surface area contributed by atoms with Gasteiger partial charge in [0.1, 0.15) is 11.3 Å². The summed E-state index contributed by atoms with van der Waals surface area (Å²) in [6.45, 7) is 0.459. The molecule has 1 N–H and O–H groups in total. The summed E-state index contributed by atoms with van der Waals surface area (Å²) >= 11 is 5.93. The Bertz CT molecular complexity index is 839. The smallest absolute Gasteiger partial charge is 0.271 e. The van der Waals surface area contributed by atoms with E-state index in [9.17, 15) is 4.79 Å². The van der Waals surface area contributed by atoms with Crippen LogP contribution in [0.4, 0.5) is 5.69 Å². The minimum Gasteiger partial charge on any atom is -0.378 e. The van der Waals surface area contributed by atoms with E-state index in [0.717, 1.165) is 11.3 Å². The van der Waals surface area contributed by atoms with Crippen molar-refractivity contribution in [3.8, 4) is 0 Å². The van der Waals surface area contributed by atoms with Crippen molar-refractivity contribution in [2.24, 2.45) is 0 Å². The van der Waals surface area contributed by atoms with Crippen molar-refractivity contribution in [1.29, 1.82) is 0 Å². The summed E-state index contributed by atoms with van der Waals surface area (Å²) in [5, 5.41) is 3.48. The number of carbonyl (C=O) groups is 1. The Morgan fingerprint density at radius 1 is 1.17 bits per heavy atom. The number of fused-ring (bicyclic) bond motifs is 1. The van der Waals surface area contributed by atoms with Crippen LogP contribution in [0.25, 0.3) is 5.65 Å². The summed E-state index contributed by atoms with van der Waals surface area (Å²) in [6.07, 6.45) is 3.40. The molecule has 0 fully saturated rings. The standard InChI is InChI=1S/C17H17ClN4O/c1-21(2)14-6-3-12(4-7-14)9-19-17(23)15-11-22-10-13(18)5-8-16(22)20-15/h3-8,10-11H,9H2,1-2H3,(H,19,23). The molecule has 0 saturated heterocycles. The first kappa shape index (κ1) is 15.4. The van der Waals surface area contributed by atoms with Crippen LogP contribution >= 0.6 is 11.6 Å². The average molecular weight is 329 g/mol. The second kappa shape index (κ2) is 6.30. The zero-order chi connectivity index (χ0) is 16.4. The number of rotatable bonds is 4. The summed E-state index contributed by atoms with van der Waals surface area (Å²) in [5.41, 5.74) is 3.22. The Kier molecular flexibility index (Phi) is 4.21. The number of imidazole rings is 1. The molecule has 118 valence electrons. The Hall–Kier alpha value is -2.53. The van der Waals surface area contributed by atoms with Crippen molar-refractivity contribution < 1.29 is 4.79 Å². The summed E-state index contributed by atoms with van der Waals surface area (Å²) in [5.74, 6) is -0.207. The van der Waals surface area contributed by atoms with Crippen molar-refractivity contribution >= 4 is 28.8 Å². The molecule has 0 saturated carbocycles. The number of benzene rings is 1. The van der Waals surface area contributed by atoms with Crippen molar-refractivity contribution in [3.63, 3.8) is 0 Å². The Morgan fingerprint density at radius 3 is 2.61 bits per heavy atom. The molecule has 0 aliphatic heterocycles. The minimum absolute atomic E-state index is 0.207. The lowest BCUT2D eigenvalue weighted by Crippen LogP contribution is -2.23. The van der Waals surface area contributed by atoms with Crippen molar-refractivity contribution in [2.75, 3.05) is 19.0 Å². The number of hydrogen-bond donors (Lipinski definition) is 1. The first-order valence-corrected chi connectivity index (χ1v) is 7.59. The van der Waals surface area contributed by atoms with Crippen LogP contribution in [0.3, 0.4) is 0 Å². The average Bonchev–Trinajstić information content (AvgIpc) is 2.96. The van der Waals surface area contributed by atoms with Gasteiger partial charge in [0.25, 0.3) is 5.91 Å². The molecule has 1 aromatic carbocycles. The van der Waals surface area contributed by atoms with Gasteiger partial charge in [-0.15, -0.1) is 0 Å². The molecule has 3 aromatic rings. The zero-order valence-corrected chi connectivity index (χ0v) is 13.7. The fourth-order valence-corrected chi connectivity index (χ4v) is 2.43. The molecular weight excluding hydrogens is 312 g/mol. The number of nitrogens with zero attached hydrogens (tertiary/aromatic N) is 3. The third-order valence-electron chi connectivity index (χ3n) is 3.55. The van der Waals surface area contributed by atoms with E-state index in [4.69, 9.17) is 11.6 Å². The molecule has 0 aliphatic rings. The predicted molar refractivity (Wildman–Crippen MR) is 92.1 cm³/mol. The molecule has 1 amide bonds. The minimum atomic E-state index is -0.207. The molecular formula is C17H17ClN4O. The zero-order valence-electron chi connectivity index (χ0n) is 13.0. The maximum atomic E-state index is 12.2. The van der Waals surface area contributed by atoms with Gasteiger partial charge in [0, 0.05) is 38.7 Å². The number of halogens is 1. The van der Waals surface area contributed by atoms with E-state index in [1.807, 2.05) is 43.3 Å². The predicted octanol–water partition coefficient (Wildman–Crippen LogP) is 2.98. The fourth-order valence-electron chi connectivity index (χ4n) is 2.26. The van der Waals surface area contributed by atoms with Crippen LogP contribution in [0, 0.1) is 0 Å². The molecule has 5 nitrogen and oxygen atoms in total. The van der Waals surface area contributed by atoms with Crippen LogP contribution < -0.4 is 10.2 Å². The molecule has 0 atom stereocenters. The lowest BCUT2D eigenvalue weighted by Gasteiger charge is -2.12. The molecule has 0 unspecified atom stereocenters. The third kappa shape index (κ3) is 3.46. The van der Waals surface area contributed by atoms with E-state index >= 15 is 0 Å². The summed E-state index contributed by atoms with van der Waals surface area (Å²) in [6, 6.07) is 11.6. The lowest BCUT2D eigenvalue weighted by atomic mass is 10.2. The lowest BCUT2D eigenvalue weighted by molar-refractivity contribution is 0.0946. The fraction of sp³-hybridized carbons (Fsp3) is 0.176. The highest BCUT2D eigenvalue weighted by molar-refractivity contribution is 6.30. The number of carbonyl (C=O) groups excluding carboxylic acids is 1. The second-order valence-electron chi connectivity index (χ2n) is 5.48. The number of pyridine rings is 1. The molecule has 0 aliphatic carbocycles. The van der Waals surface area contributed by atoms with E-state index in [0.29, 0.717) is 22.9 Å². The van der Waals surface area contributed by atoms with Gasteiger partial charge in [0.05, 0.1) is 5.02 Å². The number of hydrogen-bond acceptors (Lipinski definition) is 3. The summed E-state index contributed by atoms with van der Waals surface area (Å²) in [4.78, 5) is 18.5. The van der Waals surface area contributed by atoms with Crippen LogP contribution in [0.1, 0.15) is 16.1 Å². The quantitative estimate of drug-likeness (QED) is 0.801. The van der Waals surface area contributed by atoms with Crippen LogP contribution in [-0.4, -0.2) is 29.4 Å². The molecule has 6 heteroatoms. The van der Waals surface area contributed by atoms with E-state index in [1.54, 1.807) is 28.9 Å². The monoisotopic (exact) mass is 328 g/mol. The number of nitrogens with one attached hydrogen (secondary N) is 1. The van der Waals surface area contributed by atoms with Gasteiger partial charge >= 0.3 is 0 Å². The molecule has 0 radical (unpaired) electrons. The van der Waals surface area contributed by atoms with Gasteiger partial charge < -0.3 is 14.6 Å². The van der Waals surface area contributed by atoms with Gasteiger partial charge in [-0.25, -0.2) is 4.98 Å². The number of amides is 1. The topological polar surface area (TPSA) is 49.6 Å².